The Morgan fingerprint density at radius 2 is 2.26 bits per heavy atom. The minimum absolute atomic E-state index is 0.149. The lowest BCUT2D eigenvalue weighted by Crippen LogP contribution is -2.41. The first kappa shape index (κ1) is 13.1. The van der Waals surface area contributed by atoms with Gasteiger partial charge < -0.3 is 9.84 Å². The molecular weight excluding hydrogens is 240 g/mol. The van der Waals surface area contributed by atoms with Gasteiger partial charge in [0.2, 0.25) is 0 Å². The maximum absolute atomic E-state index is 10.6. The minimum atomic E-state index is -0.632. The van der Waals surface area contributed by atoms with Crippen molar-refractivity contribution in [2.75, 3.05) is 6.61 Å². The van der Waals surface area contributed by atoms with Crippen LogP contribution in [0.5, 0.6) is 0 Å². The third-order valence-corrected chi connectivity index (χ3v) is 4.51. The molecule has 1 saturated heterocycles. The molecule has 1 N–H and O–H groups in total. The van der Waals surface area contributed by atoms with Crippen molar-refractivity contribution in [3.05, 3.63) is 18.0 Å². The molecule has 4 nitrogen and oxygen atoms in total. The molecule has 1 saturated carbocycles. The average molecular weight is 264 g/mol. The number of aromatic nitrogens is 2. The maximum Gasteiger partial charge on any atom is 0.0750 e. The predicted molar refractivity (Wildman–Crippen MR) is 73.0 cm³/mol. The van der Waals surface area contributed by atoms with Crippen molar-refractivity contribution in [1.82, 2.24) is 9.78 Å². The highest BCUT2D eigenvalue weighted by molar-refractivity contribution is 5.06. The molecule has 0 radical (unpaired) electrons. The lowest BCUT2D eigenvalue weighted by molar-refractivity contribution is -0.0965. The van der Waals surface area contributed by atoms with Gasteiger partial charge in [-0.1, -0.05) is 12.8 Å². The molecule has 0 amide bonds. The lowest BCUT2D eigenvalue weighted by atomic mass is 9.87. The Labute approximate surface area is 114 Å². The molecule has 1 aliphatic carbocycles. The summed E-state index contributed by atoms with van der Waals surface area (Å²) in [6, 6.07) is 2.65. The van der Waals surface area contributed by atoms with Crippen molar-refractivity contribution in [3.8, 4) is 0 Å². The van der Waals surface area contributed by atoms with E-state index in [0.717, 1.165) is 5.69 Å². The Balaban J connectivity index is 1.66. The third kappa shape index (κ3) is 3.00. The van der Waals surface area contributed by atoms with Gasteiger partial charge >= 0.3 is 0 Å². The zero-order valence-electron chi connectivity index (χ0n) is 11.7. The van der Waals surface area contributed by atoms with E-state index < -0.39 is 5.60 Å². The van der Waals surface area contributed by atoms with E-state index in [0.29, 0.717) is 31.9 Å². The third-order valence-electron chi connectivity index (χ3n) is 4.51. The standard InChI is InChI=1S/C15H24N2O2/c1-12-10-15(18,7-9-19-12)11-13-6-8-17(16-13)14-4-2-3-5-14/h6,8,12,14,18H,2-5,7,9-11H2,1H3. The second-order valence-corrected chi connectivity index (χ2v) is 6.26. The number of aliphatic hydroxyl groups is 1. The van der Waals surface area contributed by atoms with Crippen LogP contribution in [-0.2, 0) is 11.2 Å². The minimum Gasteiger partial charge on any atom is -0.389 e. The fourth-order valence-electron chi connectivity index (χ4n) is 3.49. The number of hydrogen-bond acceptors (Lipinski definition) is 3. The normalized spacial score (nSPS) is 32.8. The second-order valence-electron chi connectivity index (χ2n) is 6.26. The van der Waals surface area contributed by atoms with Crippen LogP contribution in [0.15, 0.2) is 12.3 Å². The Hall–Kier alpha value is -0.870. The maximum atomic E-state index is 10.6. The fraction of sp³-hybridized carbons (Fsp3) is 0.800. The van der Waals surface area contributed by atoms with Crippen LogP contribution in [0.2, 0.25) is 0 Å². The van der Waals surface area contributed by atoms with Crippen molar-refractivity contribution in [2.24, 2.45) is 0 Å². The van der Waals surface area contributed by atoms with Gasteiger partial charge in [-0.05, 0) is 32.3 Å². The summed E-state index contributed by atoms with van der Waals surface area (Å²) in [4.78, 5) is 0. The monoisotopic (exact) mass is 264 g/mol. The summed E-state index contributed by atoms with van der Waals surface area (Å²) >= 11 is 0. The molecule has 2 fully saturated rings. The van der Waals surface area contributed by atoms with E-state index in [9.17, 15) is 5.11 Å². The summed E-state index contributed by atoms with van der Waals surface area (Å²) in [6.07, 6.45) is 9.44. The molecule has 2 atom stereocenters. The molecule has 1 aromatic heterocycles. The van der Waals surface area contributed by atoms with Gasteiger partial charge in [0.1, 0.15) is 0 Å². The second kappa shape index (κ2) is 5.25. The molecule has 2 heterocycles. The van der Waals surface area contributed by atoms with Crippen LogP contribution < -0.4 is 0 Å². The van der Waals surface area contributed by atoms with E-state index in [-0.39, 0.29) is 6.10 Å². The van der Waals surface area contributed by atoms with Crippen LogP contribution in [0.1, 0.15) is 57.2 Å². The summed E-state index contributed by atoms with van der Waals surface area (Å²) in [5.41, 5.74) is 0.385. The van der Waals surface area contributed by atoms with E-state index in [4.69, 9.17) is 4.74 Å². The van der Waals surface area contributed by atoms with Crippen molar-refractivity contribution in [2.45, 2.75) is 69.6 Å². The lowest BCUT2D eigenvalue weighted by Gasteiger charge is -2.35. The van der Waals surface area contributed by atoms with Gasteiger partial charge in [0, 0.05) is 25.6 Å². The van der Waals surface area contributed by atoms with Gasteiger partial charge in [0.15, 0.2) is 0 Å². The number of nitrogens with zero attached hydrogens (tertiary/aromatic N) is 2. The molecule has 2 unspecified atom stereocenters. The zero-order valence-corrected chi connectivity index (χ0v) is 11.7. The van der Waals surface area contributed by atoms with Gasteiger partial charge in [-0.15, -0.1) is 0 Å². The van der Waals surface area contributed by atoms with E-state index >= 15 is 0 Å². The van der Waals surface area contributed by atoms with Gasteiger partial charge in [0.05, 0.1) is 23.4 Å². The fourth-order valence-corrected chi connectivity index (χ4v) is 3.49. The molecule has 0 spiro atoms. The van der Waals surface area contributed by atoms with Gasteiger partial charge in [-0.25, -0.2) is 0 Å². The van der Waals surface area contributed by atoms with Crippen LogP contribution >= 0.6 is 0 Å². The van der Waals surface area contributed by atoms with Gasteiger partial charge in [0.25, 0.3) is 0 Å². The largest absolute Gasteiger partial charge is 0.389 e. The summed E-state index contributed by atoms with van der Waals surface area (Å²) in [5.74, 6) is 0. The molecule has 3 rings (SSSR count). The van der Waals surface area contributed by atoms with E-state index in [1.54, 1.807) is 0 Å². The molecule has 1 aliphatic heterocycles. The quantitative estimate of drug-likeness (QED) is 0.912. The first-order chi connectivity index (χ1) is 9.15. The number of ether oxygens (including phenoxy) is 1. The van der Waals surface area contributed by atoms with Crippen LogP contribution in [-0.4, -0.2) is 33.2 Å². The van der Waals surface area contributed by atoms with Gasteiger partial charge in [-0.3, -0.25) is 4.68 Å². The topological polar surface area (TPSA) is 47.3 Å². The molecule has 19 heavy (non-hydrogen) atoms. The summed E-state index contributed by atoms with van der Waals surface area (Å²) in [7, 11) is 0. The van der Waals surface area contributed by atoms with Crippen LogP contribution in [0, 0.1) is 0 Å². The average Bonchev–Trinajstić information content (AvgIpc) is 2.97. The van der Waals surface area contributed by atoms with Crippen LogP contribution in [0.3, 0.4) is 0 Å². The molecule has 1 aromatic rings. The Bertz CT molecular complexity index is 426. The summed E-state index contributed by atoms with van der Waals surface area (Å²) < 4.78 is 7.62. The van der Waals surface area contributed by atoms with Crippen molar-refractivity contribution in [3.63, 3.8) is 0 Å². The van der Waals surface area contributed by atoms with E-state index in [1.807, 2.05) is 6.92 Å². The SMILES string of the molecule is CC1CC(O)(Cc2ccn(C3CCCC3)n2)CCO1. The Morgan fingerprint density at radius 1 is 1.47 bits per heavy atom. The van der Waals surface area contributed by atoms with Gasteiger partial charge in [-0.2, -0.15) is 5.10 Å². The van der Waals surface area contributed by atoms with Crippen molar-refractivity contribution in [1.29, 1.82) is 0 Å². The summed E-state index contributed by atoms with van der Waals surface area (Å²) in [6.45, 7) is 2.68. The first-order valence-corrected chi connectivity index (χ1v) is 7.53. The molecule has 0 bridgehead atoms. The highest BCUT2D eigenvalue weighted by atomic mass is 16.5. The summed E-state index contributed by atoms with van der Waals surface area (Å²) in [5, 5.41) is 15.3. The molecule has 0 aromatic carbocycles. The van der Waals surface area contributed by atoms with Crippen molar-refractivity contribution < 1.29 is 9.84 Å². The van der Waals surface area contributed by atoms with E-state index in [2.05, 4.69) is 22.0 Å². The molecule has 4 heteroatoms. The highest BCUT2D eigenvalue weighted by Gasteiger charge is 2.34. The Morgan fingerprint density at radius 3 is 3.00 bits per heavy atom. The van der Waals surface area contributed by atoms with Crippen LogP contribution in [0.4, 0.5) is 0 Å². The number of rotatable bonds is 3. The van der Waals surface area contributed by atoms with E-state index in [1.165, 1.54) is 25.7 Å². The van der Waals surface area contributed by atoms with Crippen LogP contribution in [0.25, 0.3) is 0 Å². The molecular formula is C15H24N2O2. The Kier molecular flexibility index (Phi) is 3.63. The predicted octanol–water partition coefficient (Wildman–Crippen LogP) is 2.47. The highest BCUT2D eigenvalue weighted by Crippen LogP contribution is 2.31. The molecule has 106 valence electrons. The zero-order chi connectivity index (χ0) is 13.3. The molecule has 2 aliphatic rings. The number of hydrogen-bond donors (Lipinski definition) is 1. The smallest absolute Gasteiger partial charge is 0.0750 e. The van der Waals surface area contributed by atoms with Crippen molar-refractivity contribution >= 4 is 0 Å². The first-order valence-electron chi connectivity index (χ1n) is 7.53.